The molecular formula is C24H25N3O2. The van der Waals surface area contributed by atoms with Crippen LogP contribution in [0.25, 0.3) is 0 Å². The second-order valence-electron chi connectivity index (χ2n) is 6.82. The number of ether oxygens (including phenoxy) is 1. The number of rotatable bonds is 9. The zero-order valence-electron chi connectivity index (χ0n) is 16.1. The molecule has 0 heterocycles. The Hall–Kier alpha value is -3.28. The van der Waals surface area contributed by atoms with Gasteiger partial charge in [-0.05, 0) is 22.3 Å². The van der Waals surface area contributed by atoms with Crippen LogP contribution in [0.3, 0.4) is 0 Å². The predicted molar refractivity (Wildman–Crippen MR) is 114 cm³/mol. The summed E-state index contributed by atoms with van der Waals surface area (Å²) in [6, 6.07) is 27.5. The molecule has 0 aliphatic heterocycles. The molecule has 0 radical (unpaired) electrons. The van der Waals surface area contributed by atoms with Gasteiger partial charge in [0, 0.05) is 13.0 Å². The maximum Gasteiger partial charge on any atom is 0.262 e. The molecule has 0 aliphatic rings. The molecule has 0 saturated carbocycles. The van der Waals surface area contributed by atoms with Gasteiger partial charge >= 0.3 is 0 Å². The fourth-order valence-electron chi connectivity index (χ4n) is 3.17. The minimum atomic E-state index is -0.742. The molecule has 1 atom stereocenters. The zero-order valence-corrected chi connectivity index (χ0v) is 16.1. The number of hydrogen-bond donors (Lipinski definition) is 3. The lowest BCUT2D eigenvalue weighted by molar-refractivity contribution is -0.112. The molecule has 1 amide bonds. The van der Waals surface area contributed by atoms with Gasteiger partial charge in [0.1, 0.15) is 6.10 Å². The first-order chi connectivity index (χ1) is 14.1. The summed E-state index contributed by atoms with van der Waals surface area (Å²) in [7, 11) is 0. The van der Waals surface area contributed by atoms with Crippen LogP contribution < -0.4 is 11.5 Å². The van der Waals surface area contributed by atoms with Gasteiger partial charge in [0.2, 0.25) is 0 Å². The van der Waals surface area contributed by atoms with Gasteiger partial charge in [0.15, 0.2) is 0 Å². The van der Waals surface area contributed by atoms with Gasteiger partial charge in [-0.25, -0.2) is 0 Å². The molecule has 0 bridgehead atoms. The average molecular weight is 387 g/mol. The summed E-state index contributed by atoms with van der Waals surface area (Å²) in [5, 5.41) is 7.98. The molecule has 5 nitrogen and oxygen atoms in total. The van der Waals surface area contributed by atoms with Gasteiger partial charge in [-0.3, -0.25) is 10.2 Å². The lowest BCUT2D eigenvalue weighted by Crippen LogP contribution is -2.25. The van der Waals surface area contributed by atoms with Crippen LogP contribution in [0.5, 0.6) is 0 Å². The first-order valence-corrected chi connectivity index (χ1v) is 9.50. The molecule has 5 N–H and O–H groups in total. The molecule has 3 aromatic rings. The quantitative estimate of drug-likeness (QED) is 0.485. The maximum absolute atomic E-state index is 11.5. The van der Waals surface area contributed by atoms with Gasteiger partial charge in [-0.15, -0.1) is 0 Å². The van der Waals surface area contributed by atoms with E-state index >= 15 is 0 Å². The fourth-order valence-corrected chi connectivity index (χ4v) is 3.17. The highest BCUT2D eigenvalue weighted by atomic mass is 16.5. The molecule has 0 aliphatic carbocycles. The third-order valence-electron chi connectivity index (χ3n) is 4.78. The van der Waals surface area contributed by atoms with Crippen molar-refractivity contribution in [1.29, 1.82) is 5.41 Å². The largest absolute Gasteiger partial charge is 0.365 e. The molecule has 0 aromatic heterocycles. The number of nitrogens with one attached hydrogen (secondary N) is 1. The van der Waals surface area contributed by atoms with Crippen molar-refractivity contribution in [2.45, 2.75) is 25.2 Å². The first kappa shape index (κ1) is 20.5. The van der Waals surface area contributed by atoms with Crippen molar-refractivity contribution in [2.75, 3.05) is 0 Å². The summed E-state index contributed by atoms with van der Waals surface area (Å²) < 4.78 is 6.52. The van der Waals surface area contributed by atoms with Crippen molar-refractivity contribution >= 4 is 11.6 Å². The maximum atomic E-state index is 11.5. The van der Waals surface area contributed by atoms with E-state index in [2.05, 4.69) is 0 Å². The highest BCUT2D eigenvalue weighted by Crippen LogP contribution is 2.34. The van der Waals surface area contributed by atoms with Crippen molar-refractivity contribution in [1.82, 2.24) is 0 Å². The zero-order chi connectivity index (χ0) is 20.6. The molecule has 3 rings (SSSR count). The van der Waals surface area contributed by atoms with Gasteiger partial charge in [-0.1, -0.05) is 84.9 Å². The minimum absolute atomic E-state index is 0.0907. The van der Waals surface area contributed by atoms with Gasteiger partial charge in [-0.2, -0.15) is 0 Å². The van der Waals surface area contributed by atoms with E-state index in [-0.39, 0.29) is 18.2 Å². The molecule has 0 fully saturated rings. The number of amides is 1. The van der Waals surface area contributed by atoms with E-state index in [0.717, 1.165) is 22.3 Å². The Balaban J connectivity index is 1.97. The number of carbonyl (C=O) groups is 1. The van der Waals surface area contributed by atoms with Crippen LogP contribution in [0.1, 0.15) is 40.9 Å². The second kappa shape index (κ2) is 9.78. The topological polar surface area (TPSA) is 102 Å². The van der Waals surface area contributed by atoms with Crippen molar-refractivity contribution in [3.05, 3.63) is 107 Å². The summed E-state index contributed by atoms with van der Waals surface area (Å²) in [4.78, 5) is 11.5. The molecule has 148 valence electrons. The summed E-state index contributed by atoms with van der Waals surface area (Å²) in [5.41, 5.74) is 14.7. The second-order valence-corrected chi connectivity index (χ2v) is 6.82. The Kier molecular flexibility index (Phi) is 6.89. The normalized spacial score (nSPS) is 11.9. The van der Waals surface area contributed by atoms with Crippen LogP contribution in [-0.2, 0) is 16.1 Å². The summed E-state index contributed by atoms with van der Waals surface area (Å²) in [6.07, 6.45) is -0.766. The number of benzene rings is 3. The van der Waals surface area contributed by atoms with E-state index < -0.39 is 12.0 Å². The number of hydrogen-bond acceptors (Lipinski definition) is 4. The number of nitrogens with two attached hydrogens (primary N) is 2. The van der Waals surface area contributed by atoms with E-state index in [9.17, 15) is 4.79 Å². The van der Waals surface area contributed by atoms with E-state index in [1.807, 2.05) is 84.9 Å². The molecule has 0 spiro atoms. The average Bonchev–Trinajstić information content (AvgIpc) is 2.77. The third-order valence-corrected chi connectivity index (χ3v) is 4.78. The summed E-state index contributed by atoms with van der Waals surface area (Å²) in [5.74, 6) is -0.742. The standard InChI is InChI=1S/C24H25N3O2/c25-16-17-11-13-18(14-12-17)22(15-21(26)24(27)28)29-23(19-7-3-1-4-8-19)20-9-5-2-6-10-20/h1-14,22-23,26H,15-16,25H2,(H2,27,28). The van der Waals surface area contributed by atoms with Gasteiger partial charge in [0.05, 0.1) is 11.8 Å². The molecule has 1 unspecified atom stereocenters. The van der Waals surface area contributed by atoms with E-state index in [0.29, 0.717) is 6.54 Å². The van der Waals surface area contributed by atoms with Crippen LogP contribution >= 0.6 is 0 Å². The Morgan fingerprint density at radius 1 is 0.828 bits per heavy atom. The highest BCUT2D eigenvalue weighted by molar-refractivity contribution is 6.37. The third kappa shape index (κ3) is 5.38. The molecule has 29 heavy (non-hydrogen) atoms. The van der Waals surface area contributed by atoms with E-state index in [1.165, 1.54) is 0 Å². The van der Waals surface area contributed by atoms with Crippen LogP contribution in [0, 0.1) is 5.41 Å². The summed E-state index contributed by atoms with van der Waals surface area (Å²) in [6.45, 7) is 0.444. The lowest BCUT2D eigenvalue weighted by atomic mass is 9.98. The van der Waals surface area contributed by atoms with Crippen molar-refractivity contribution in [3.8, 4) is 0 Å². The Bertz CT molecular complexity index is 901. The monoisotopic (exact) mass is 387 g/mol. The van der Waals surface area contributed by atoms with Gasteiger partial charge < -0.3 is 16.2 Å². The van der Waals surface area contributed by atoms with Crippen molar-refractivity contribution in [2.24, 2.45) is 11.5 Å². The molecule has 5 heteroatoms. The Morgan fingerprint density at radius 2 is 1.34 bits per heavy atom. The number of primary amides is 1. The number of carbonyl (C=O) groups excluding carboxylic acids is 1. The van der Waals surface area contributed by atoms with Gasteiger partial charge in [0.25, 0.3) is 5.91 Å². The van der Waals surface area contributed by atoms with E-state index in [4.69, 9.17) is 21.6 Å². The van der Waals surface area contributed by atoms with Crippen molar-refractivity contribution in [3.63, 3.8) is 0 Å². The smallest absolute Gasteiger partial charge is 0.262 e. The highest BCUT2D eigenvalue weighted by Gasteiger charge is 2.24. The van der Waals surface area contributed by atoms with Crippen LogP contribution in [0.15, 0.2) is 84.9 Å². The molecule has 0 saturated heterocycles. The van der Waals surface area contributed by atoms with Crippen LogP contribution in [0.2, 0.25) is 0 Å². The Labute approximate surface area is 170 Å². The molecular weight excluding hydrogens is 362 g/mol. The lowest BCUT2D eigenvalue weighted by Gasteiger charge is -2.26. The Morgan fingerprint density at radius 3 is 1.79 bits per heavy atom. The fraction of sp³-hybridized carbons (Fsp3) is 0.167. The van der Waals surface area contributed by atoms with E-state index in [1.54, 1.807) is 0 Å². The van der Waals surface area contributed by atoms with Crippen LogP contribution in [0.4, 0.5) is 0 Å². The predicted octanol–water partition coefficient (Wildman–Crippen LogP) is 3.89. The minimum Gasteiger partial charge on any atom is -0.365 e. The SMILES string of the molecule is N=C(CC(OC(c1ccccc1)c1ccccc1)c1ccc(CN)cc1)C(N)=O. The van der Waals surface area contributed by atoms with Crippen LogP contribution in [-0.4, -0.2) is 11.6 Å². The first-order valence-electron chi connectivity index (χ1n) is 9.50. The molecule has 3 aromatic carbocycles. The van der Waals surface area contributed by atoms with Crippen molar-refractivity contribution < 1.29 is 9.53 Å². The summed E-state index contributed by atoms with van der Waals surface area (Å²) >= 11 is 0.